The number of hydrogen-bond donors (Lipinski definition) is 1. The highest BCUT2D eigenvalue weighted by molar-refractivity contribution is 5.92. The van der Waals surface area contributed by atoms with Gasteiger partial charge in [-0.1, -0.05) is 33.3 Å². The van der Waals surface area contributed by atoms with E-state index in [2.05, 4.69) is 20.8 Å². The van der Waals surface area contributed by atoms with Crippen LogP contribution in [0.3, 0.4) is 0 Å². The summed E-state index contributed by atoms with van der Waals surface area (Å²) in [6, 6.07) is 0. The summed E-state index contributed by atoms with van der Waals surface area (Å²) in [5.41, 5.74) is 0.732. The summed E-state index contributed by atoms with van der Waals surface area (Å²) in [6.45, 7) is 8.60. The Morgan fingerprint density at radius 1 is 1.10 bits per heavy atom. The first kappa shape index (κ1) is 22.9. The predicted molar refractivity (Wildman–Crippen MR) is 120 cm³/mol. The number of ketones is 2. The van der Waals surface area contributed by atoms with Crippen LogP contribution in [-0.2, 0) is 14.4 Å². The fourth-order valence-electron chi connectivity index (χ4n) is 8.12. The van der Waals surface area contributed by atoms with Crippen LogP contribution < -0.4 is 0 Å². The number of aliphatic hydroxyl groups is 1. The second-order valence-electron chi connectivity index (χ2n) is 11.8. The van der Waals surface area contributed by atoms with Gasteiger partial charge in [0.05, 0.1) is 6.10 Å². The van der Waals surface area contributed by atoms with Crippen molar-refractivity contribution in [2.75, 3.05) is 0 Å². The van der Waals surface area contributed by atoms with Gasteiger partial charge in [-0.15, -0.1) is 0 Å². The van der Waals surface area contributed by atoms with Gasteiger partial charge in [0.15, 0.2) is 5.78 Å². The molecule has 1 N–H and O–H groups in total. The highest BCUT2D eigenvalue weighted by Crippen LogP contribution is 2.66. The van der Waals surface area contributed by atoms with Gasteiger partial charge in [-0.25, -0.2) is 0 Å². The minimum atomic E-state index is -0.613. The zero-order valence-electron chi connectivity index (χ0n) is 19.7. The summed E-state index contributed by atoms with van der Waals surface area (Å²) in [5, 5.41) is 10.9. The molecule has 0 aromatic rings. The molecule has 31 heavy (non-hydrogen) atoms. The van der Waals surface area contributed by atoms with Gasteiger partial charge in [0, 0.05) is 24.2 Å². The minimum absolute atomic E-state index is 0.0371. The number of carbonyl (C=O) groups is 3. The Bertz CT molecular complexity index is 782. The first-order valence-corrected chi connectivity index (χ1v) is 12.5. The van der Waals surface area contributed by atoms with Crippen molar-refractivity contribution in [2.45, 2.75) is 91.6 Å². The Morgan fingerprint density at radius 3 is 2.52 bits per heavy atom. The van der Waals surface area contributed by atoms with E-state index in [1.807, 2.05) is 13.0 Å². The lowest BCUT2D eigenvalue weighted by molar-refractivity contribution is -0.140. The molecule has 0 aromatic heterocycles. The maximum atomic E-state index is 13.3. The molecule has 3 fully saturated rings. The van der Waals surface area contributed by atoms with Gasteiger partial charge < -0.3 is 9.90 Å². The van der Waals surface area contributed by atoms with Crippen LogP contribution in [0.25, 0.3) is 0 Å². The van der Waals surface area contributed by atoms with E-state index in [-0.39, 0.29) is 34.7 Å². The summed E-state index contributed by atoms with van der Waals surface area (Å²) in [5.74, 6) is 1.34. The molecule has 0 aromatic carbocycles. The maximum Gasteiger partial charge on any atom is 0.155 e. The van der Waals surface area contributed by atoms with Crippen molar-refractivity contribution in [3.05, 3.63) is 11.6 Å². The van der Waals surface area contributed by atoms with E-state index in [0.29, 0.717) is 37.0 Å². The van der Waals surface area contributed by atoms with Crippen molar-refractivity contribution in [3.8, 4) is 0 Å². The van der Waals surface area contributed by atoms with E-state index in [1.165, 1.54) is 5.57 Å². The molecule has 3 saturated carbocycles. The number of Topliss-reactive ketones (excluding diaryl/α,β-unsaturated/α-hetero) is 1. The Labute approximate surface area is 187 Å². The molecule has 0 heterocycles. The van der Waals surface area contributed by atoms with Crippen LogP contribution in [-0.4, -0.2) is 29.1 Å². The number of hydrogen-bond acceptors (Lipinski definition) is 4. The third kappa shape index (κ3) is 3.57. The topological polar surface area (TPSA) is 71.4 Å². The SMILES string of the molecule is CC(C)CC[C@@H](O)[C@@H](C)[C@H]1C(=O)C[C@H]2[C@@H]3CCC4=CC(=O)CC[C@]4(C)[C@H]3CC[C@]12C=O. The van der Waals surface area contributed by atoms with E-state index < -0.39 is 11.5 Å². The first-order chi connectivity index (χ1) is 14.6. The van der Waals surface area contributed by atoms with Crippen LogP contribution in [0.1, 0.15) is 85.5 Å². The van der Waals surface area contributed by atoms with Gasteiger partial charge in [-0.2, -0.15) is 0 Å². The summed E-state index contributed by atoms with van der Waals surface area (Å²) < 4.78 is 0. The normalized spacial score (nSPS) is 41.8. The largest absolute Gasteiger partial charge is 0.393 e. The van der Waals surface area contributed by atoms with Gasteiger partial charge in [0.25, 0.3) is 0 Å². The Kier molecular flexibility index (Phi) is 6.09. The van der Waals surface area contributed by atoms with Gasteiger partial charge in [0.1, 0.15) is 12.1 Å². The lowest BCUT2D eigenvalue weighted by Gasteiger charge is -2.57. The van der Waals surface area contributed by atoms with Gasteiger partial charge in [-0.05, 0) is 86.0 Å². The van der Waals surface area contributed by atoms with Crippen molar-refractivity contribution >= 4 is 17.9 Å². The third-order valence-electron chi connectivity index (χ3n) is 9.88. The monoisotopic (exact) mass is 428 g/mol. The van der Waals surface area contributed by atoms with E-state index in [4.69, 9.17) is 0 Å². The highest BCUT2D eigenvalue weighted by atomic mass is 16.3. The van der Waals surface area contributed by atoms with E-state index >= 15 is 0 Å². The van der Waals surface area contributed by atoms with Crippen LogP contribution in [0, 0.1) is 46.3 Å². The molecular formula is C27H40O4. The summed E-state index contributed by atoms with van der Waals surface area (Å²) in [4.78, 5) is 38.1. The smallest absolute Gasteiger partial charge is 0.155 e. The lowest BCUT2D eigenvalue weighted by atomic mass is 9.46. The van der Waals surface area contributed by atoms with Crippen LogP contribution in [0.4, 0.5) is 0 Å². The van der Waals surface area contributed by atoms with Crippen LogP contribution in [0.15, 0.2) is 11.6 Å². The van der Waals surface area contributed by atoms with E-state index in [1.54, 1.807) is 0 Å². The molecule has 0 radical (unpaired) electrons. The molecule has 172 valence electrons. The molecule has 0 amide bonds. The van der Waals surface area contributed by atoms with Gasteiger partial charge >= 0.3 is 0 Å². The fourth-order valence-corrected chi connectivity index (χ4v) is 8.12. The highest BCUT2D eigenvalue weighted by Gasteiger charge is 2.64. The number of allylic oxidation sites excluding steroid dienone is 1. The van der Waals surface area contributed by atoms with E-state index in [0.717, 1.165) is 44.8 Å². The zero-order chi connectivity index (χ0) is 22.6. The quantitative estimate of drug-likeness (QED) is 0.609. The second kappa shape index (κ2) is 8.24. The minimum Gasteiger partial charge on any atom is -0.393 e. The van der Waals surface area contributed by atoms with Crippen LogP contribution in [0.2, 0.25) is 0 Å². The van der Waals surface area contributed by atoms with Crippen molar-refractivity contribution in [2.24, 2.45) is 46.3 Å². The Balaban J connectivity index is 1.61. The van der Waals surface area contributed by atoms with Crippen LogP contribution in [0.5, 0.6) is 0 Å². The van der Waals surface area contributed by atoms with Gasteiger partial charge in [0.2, 0.25) is 0 Å². The summed E-state index contributed by atoms with van der Waals surface area (Å²) in [7, 11) is 0. The van der Waals surface area contributed by atoms with Crippen LogP contribution >= 0.6 is 0 Å². The average Bonchev–Trinajstić information content (AvgIpc) is 3.04. The standard InChI is InChI=1S/C27H40O4/c1-16(2)5-8-23(30)17(3)25-24(31)14-22-20-7-6-18-13-19(29)9-11-26(18,4)21(20)10-12-27(22,25)15-28/h13,15-17,20-23,25,30H,5-12,14H2,1-4H3/t17-,20-,21+,22+,23-,25+,26+,27-/m1/s1. The second-order valence-corrected chi connectivity index (χ2v) is 11.8. The Morgan fingerprint density at radius 2 is 1.84 bits per heavy atom. The lowest BCUT2D eigenvalue weighted by Crippen LogP contribution is -2.53. The average molecular weight is 429 g/mol. The fraction of sp³-hybridized carbons (Fsp3) is 0.815. The molecule has 8 atom stereocenters. The molecule has 0 aliphatic heterocycles. The molecule has 4 rings (SSSR count). The number of aliphatic hydroxyl groups excluding tert-OH is 1. The molecule has 4 aliphatic carbocycles. The summed E-state index contributed by atoms with van der Waals surface area (Å²) >= 11 is 0. The molecule has 4 heteroatoms. The predicted octanol–water partition coefficient (Wildman–Crippen LogP) is 4.93. The third-order valence-corrected chi connectivity index (χ3v) is 9.88. The molecule has 4 nitrogen and oxygen atoms in total. The number of fused-ring (bicyclic) bond motifs is 5. The van der Waals surface area contributed by atoms with Crippen molar-refractivity contribution in [3.63, 3.8) is 0 Å². The number of aldehydes is 1. The molecule has 4 aliphatic rings. The van der Waals surface area contributed by atoms with E-state index in [9.17, 15) is 19.5 Å². The van der Waals surface area contributed by atoms with Crippen molar-refractivity contribution in [1.29, 1.82) is 0 Å². The molecule has 0 spiro atoms. The molecule has 0 saturated heterocycles. The number of carbonyl (C=O) groups excluding carboxylic acids is 3. The van der Waals surface area contributed by atoms with Gasteiger partial charge in [-0.3, -0.25) is 9.59 Å². The van der Waals surface area contributed by atoms with Crippen molar-refractivity contribution < 1.29 is 19.5 Å². The van der Waals surface area contributed by atoms with Crippen molar-refractivity contribution in [1.82, 2.24) is 0 Å². The zero-order valence-corrected chi connectivity index (χ0v) is 19.7. The maximum absolute atomic E-state index is 13.3. The molecule has 0 bridgehead atoms. The first-order valence-electron chi connectivity index (χ1n) is 12.5. The Hall–Kier alpha value is -1.29. The number of rotatable bonds is 6. The molecule has 0 unspecified atom stereocenters. The summed E-state index contributed by atoms with van der Waals surface area (Å²) in [6.07, 6.45) is 9.70. The molecular weight excluding hydrogens is 388 g/mol.